The van der Waals surface area contributed by atoms with Crippen LogP contribution in [0.4, 0.5) is 0 Å². The standard InChI is InChI=1S/C23H25.C20H21.2CH3.2ClH.H2Si.Zr/c1-16(2)17-10-12-19(13-11-17)22-9-5-8-20-14-21(15-23(20)22)18-6-3-4-7-18;1-4-15-12-18-6-5-7-19(20(18)13-15)17-10-8-16(9-11-17)14(2)3;;;;;;/h5,8-16,18H,3-4,6-7H2,1-2H3;5-14H,4H2,1-3H3;2*1H3;2*1H;1H2;. The van der Waals surface area contributed by atoms with Crippen LogP contribution in [0.3, 0.4) is 0 Å². The van der Waals surface area contributed by atoms with Crippen LogP contribution < -0.4 is 0 Å². The fourth-order valence-corrected chi connectivity index (χ4v) is 29.6. The maximum atomic E-state index is 2.83. The van der Waals surface area contributed by atoms with E-state index >= 15 is 0 Å². The molecule has 0 N–H and O–H groups in total. The third-order valence-corrected chi connectivity index (χ3v) is 29.6. The molecule has 258 valence electrons. The number of fused-ring (bicyclic) bond motifs is 2. The van der Waals surface area contributed by atoms with E-state index in [4.69, 9.17) is 0 Å². The van der Waals surface area contributed by atoms with Crippen LogP contribution in [0, 0.1) is 5.92 Å². The zero-order valence-corrected chi connectivity index (χ0v) is 36.2. The van der Waals surface area contributed by atoms with E-state index in [0.717, 1.165) is 12.3 Å². The van der Waals surface area contributed by atoms with Crippen LogP contribution >= 0.6 is 24.8 Å². The van der Waals surface area contributed by atoms with Crippen LogP contribution in [0.2, 0.25) is 9.26 Å². The van der Waals surface area contributed by atoms with E-state index in [0.29, 0.717) is 19.1 Å². The predicted octanol–water partition coefficient (Wildman–Crippen LogP) is 13.6. The second-order valence-corrected chi connectivity index (χ2v) is 47.1. The van der Waals surface area contributed by atoms with Crippen LogP contribution in [0.1, 0.15) is 119 Å². The van der Waals surface area contributed by atoms with Gasteiger partial charge in [-0.25, -0.2) is 0 Å². The second kappa shape index (κ2) is 14.6. The Labute approximate surface area is 311 Å². The summed E-state index contributed by atoms with van der Waals surface area (Å²) in [6.07, 6.45) is 11.9. The average Bonchev–Trinajstić information content (AvgIpc) is 3.82. The van der Waals surface area contributed by atoms with Gasteiger partial charge in [0.15, 0.2) is 0 Å². The van der Waals surface area contributed by atoms with Crippen molar-refractivity contribution in [3.05, 3.63) is 129 Å². The van der Waals surface area contributed by atoms with Crippen LogP contribution in [-0.4, -0.2) is 6.88 Å². The fourth-order valence-electron chi connectivity index (χ4n) is 9.75. The number of hydrogen-bond acceptors (Lipinski definition) is 0. The van der Waals surface area contributed by atoms with Crippen molar-refractivity contribution in [2.45, 2.75) is 95.1 Å². The first kappa shape index (κ1) is 38.3. The van der Waals surface area contributed by atoms with Crippen LogP contribution in [0.15, 0.2) is 96.1 Å². The van der Waals surface area contributed by atoms with Crippen molar-refractivity contribution in [1.82, 2.24) is 0 Å². The molecule has 3 aliphatic carbocycles. The normalized spacial score (nSPS) is 18.9. The van der Waals surface area contributed by atoms with Crippen LogP contribution in [0.25, 0.3) is 34.4 Å². The van der Waals surface area contributed by atoms with E-state index in [-0.39, 0.29) is 24.8 Å². The van der Waals surface area contributed by atoms with Gasteiger partial charge in [-0.1, -0.05) is 0 Å². The molecule has 0 bridgehead atoms. The molecule has 4 heteroatoms. The van der Waals surface area contributed by atoms with Gasteiger partial charge < -0.3 is 0 Å². The van der Waals surface area contributed by atoms with E-state index in [1.165, 1.54) is 70.2 Å². The van der Waals surface area contributed by atoms with E-state index in [9.17, 15) is 0 Å². The Morgan fingerprint density at radius 3 is 1.53 bits per heavy atom. The number of halogens is 2. The molecular weight excluding hydrogens is 731 g/mol. The van der Waals surface area contributed by atoms with Crippen molar-refractivity contribution in [1.29, 1.82) is 0 Å². The average molecular weight is 787 g/mol. The molecule has 1 fully saturated rings. The minimum atomic E-state index is -3.70. The topological polar surface area (TPSA) is 0 Å². The summed E-state index contributed by atoms with van der Waals surface area (Å²) in [7, 11) is 0. The van der Waals surface area contributed by atoms with E-state index in [1.54, 1.807) is 22.3 Å². The van der Waals surface area contributed by atoms with Crippen molar-refractivity contribution in [2.24, 2.45) is 5.92 Å². The first-order valence-electron chi connectivity index (χ1n) is 18.4. The van der Waals surface area contributed by atoms with E-state index in [2.05, 4.69) is 148 Å². The number of hydrogen-bond donors (Lipinski definition) is 0. The molecule has 49 heavy (non-hydrogen) atoms. The third kappa shape index (κ3) is 6.75. The van der Waals surface area contributed by atoms with E-state index in [1.807, 2.05) is 0 Å². The summed E-state index contributed by atoms with van der Waals surface area (Å²) in [5.41, 5.74) is 18.1. The Bertz CT molecular complexity index is 1950. The Hall–Kier alpha value is -1.96. The number of rotatable bonds is 8. The molecule has 2 unspecified atom stereocenters. The molecule has 0 nitrogen and oxygen atoms in total. The smallest absolute Gasteiger partial charge is 0.147 e. The van der Waals surface area contributed by atoms with Gasteiger partial charge in [-0.05, 0) is 0 Å². The van der Waals surface area contributed by atoms with Crippen LogP contribution in [0.5, 0.6) is 0 Å². The Kier molecular flexibility index (Phi) is 11.4. The summed E-state index contributed by atoms with van der Waals surface area (Å²) in [5.74, 6) is 1.82. The SMILES string of the molecule is CCC1=Cc2c(-c3ccc(C(C)C)cc3)cccc2[CH]1[Zr]([CH3])([CH3])(=[SiH2])[CH]1C(C2CCCC2)=Cc2c(-c3ccc(C(C)C)cc3)cccc21.Cl.Cl. The van der Waals surface area contributed by atoms with Gasteiger partial charge in [0.2, 0.25) is 0 Å². The largest absolute Gasteiger partial charge is 0.147 e. The minimum absolute atomic E-state index is 0. The molecule has 2 atom stereocenters. The molecule has 0 aromatic heterocycles. The van der Waals surface area contributed by atoms with Gasteiger partial charge >= 0.3 is 289 Å². The summed E-state index contributed by atoms with van der Waals surface area (Å²) in [6, 6.07) is 33.3. The molecule has 7 rings (SSSR count). The molecule has 0 amide bonds. The molecule has 4 aromatic carbocycles. The Morgan fingerprint density at radius 2 is 1.08 bits per heavy atom. The molecule has 0 aliphatic heterocycles. The number of allylic oxidation sites excluding steroid dienone is 2. The Morgan fingerprint density at radius 1 is 0.633 bits per heavy atom. The maximum absolute atomic E-state index is 3.70. The first-order chi connectivity index (χ1) is 22.5. The molecule has 0 radical (unpaired) electrons. The first-order valence-corrected chi connectivity index (χ1v) is 32.1. The molecule has 4 aromatic rings. The third-order valence-electron chi connectivity index (χ3n) is 12.2. The Balaban J connectivity index is 0.00000234. The summed E-state index contributed by atoms with van der Waals surface area (Å²) < 4.78 is 6.79. The summed E-state index contributed by atoms with van der Waals surface area (Å²) >= 11 is -3.70. The van der Waals surface area contributed by atoms with Crippen molar-refractivity contribution in [2.75, 3.05) is 0 Å². The zero-order valence-electron chi connectivity index (χ0n) is 30.7. The summed E-state index contributed by atoms with van der Waals surface area (Å²) in [4.78, 5) is 0. The minimum Gasteiger partial charge on any atom is -0.147 e. The molecule has 0 saturated heterocycles. The van der Waals surface area contributed by atoms with Gasteiger partial charge in [0, 0.05) is 0 Å². The van der Waals surface area contributed by atoms with Crippen molar-refractivity contribution in [3.8, 4) is 22.3 Å². The second-order valence-electron chi connectivity index (χ2n) is 16.7. The molecule has 0 heterocycles. The van der Waals surface area contributed by atoms with Gasteiger partial charge in [0.05, 0.1) is 0 Å². The molecule has 1 saturated carbocycles. The summed E-state index contributed by atoms with van der Waals surface area (Å²) in [5, 5.41) is 0. The molecule has 0 spiro atoms. The van der Waals surface area contributed by atoms with E-state index < -0.39 is 17.4 Å². The van der Waals surface area contributed by atoms with Crippen molar-refractivity contribution in [3.63, 3.8) is 0 Å². The molecule has 3 aliphatic rings. The zero-order chi connectivity index (χ0) is 33.1. The van der Waals surface area contributed by atoms with Crippen molar-refractivity contribution < 1.29 is 17.4 Å². The summed E-state index contributed by atoms with van der Waals surface area (Å²) in [6.45, 7) is 14.1. The predicted molar refractivity (Wildman–Crippen MR) is 220 cm³/mol. The fraction of sp³-hybridized carbons (Fsp3) is 0.378. The van der Waals surface area contributed by atoms with Gasteiger partial charge in [-0.2, -0.15) is 0 Å². The van der Waals surface area contributed by atoms with Gasteiger partial charge in [0.25, 0.3) is 0 Å². The van der Waals surface area contributed by atoms with Crippen molar-refractivity contribution >= 4 is 43.8 Å². The maximum Gasteiger partial charge on any atom is -0.147 e. The monoisotopic (exact) mass is 784 g/mol. The number of benzene rings is 4. The van der Waals surface area contributed by atoms with Gasteiger partial charge in [-0.3, -0.25) is 0 Å². The quantitative estimate of drug-likeness (QED) is 0.156. The van der Waals surface area contributed by atoms with Gasteiger partial charge in [-0.15, -0.1) is 24.8 Å². The van der Waals surface area contributed by atoms with Gasteiger partial charge in [0.1, 0.15) is 0 Å². The molecular formula is C45H56Cl2SiZr. The van der Waals surface area contributed by atoms with Crippen LogP contribution in [-0.2, 0) is 17.4 Å².